The van der Waals surface area contributed by atoms with Gasteiger partial charge in [-0.15, -0.1) is 0 Å². The van der Waals surface area contributed by atoms with Gasteiger partial charge in [0, 0.05) is 41.0 Å². The van der Waals surface area contributed by atoms with Gasteiger partial charge in [0.1, 0.15) is 0 Å². The van der Waals surface area contributed by atoms with E-state index in [0.717, 1.165) is 12.0 Å². The third kappa shape index (κ3) is 5.61. The topological polar surface area (TPSA) is 58.6 Å². The summed E-state index contributed by atoms with van der Waals surface area (Å²) in [6, 6.07) is 5.76. The maximum Gasteiger partial charge on any atom is 0.162 e. The molecule has 2 N–H and O–H groups in total. The average molecular weight is 285 g/mol. The zero-order valence-corrected chi connectivity index (χ0v) is 12.6. The Hall–Kier alpha value is -1.07. The van der Waals surface area contributed by atoms with Crippen LogP contribution in [0.15, 0.2) is 18.2 Å². The molecule has 1 aromatic rings. The Morgan fingerprint density at radius 2 is 2.21 bits per heavy atom. The van der Waals surface area contributed by atoms with E-state index in [2.05, 4.69) is 12.2 Å². The molecule has 0 aliphatic heterocycles. The summed E-state index contributed by atoms with van der Waals surface area (Å²) in [5.74, 6) is 1.41. The third-order valence-corrected chi connectivity index (χ3v) is 3.67. The minimum absolute atomic E-state index is 0.197. The van der Waals surface area contributed by atoms with Crippen LogP contribution in [0.4, 0.5) is 0 Å². The van der Waals surface area contributed by atoms with E-state index < -0.39 is 10.8 Å². The first-order chi connectivity index (χ1) is 9.04. The molecule has 0 fully saturated rings. The van der Waals surface area contributed by atoms with E-state index in [4.69, 9.17) is 4.74 Å². The monoisotopic (exact) mass is 285 g/mol. The first kappa shape index (κ1) is 16.0. The van der Waals surface area contributed by atoms with Crippen LogP contribution in [0.2, 0.25) is 0 Å². The van der Waals surface area contributed by atoms with Crippen LogP contribution in [-0.2, 0) is 17.3 Å². The second kappa shape index (κ2) is 8.17. The number of ether oxygens (including phenoxy) is 1. The van der Waals surface area contributed by atoms with Crippen molar-refractivity contribution in [2.75, 3.05) is 18.6 Å². The van der Waals surface area contributed by atoms with Crippen molar-refractivity contribution in [2.24, 2.45) is 0 Å². The predicted octanol–water partition coefficient (Wildman–Crippen LogP) is 2.04. The minimum Gasteiger partial charge on any atom is -0.504 e. The molecule has 0 spiro atoms. The number of phenolic OH excluding ortho intramolecular Hbond substituents is 1. The number of phenols is 1. The number of nitrogens with one attached hydrogen (secondary N) is 1. The van der Waals surface area contributed by atoms with Gasteiger partial charge in [-0.05, 0) is 26.3 Å². The second-order valence-corrected chi connectivity index (χ2v) is 6.10. The summed E-state index contributed by atoms with van der Waals surface area (Å²) in [7, 11) is -0.754. The van der Waals surface area contributed by atoms with E-state index in [9.17, 15) is 9.32 Å². The van der Waals surface area contributed by atoms with Crippen molar-refractivity contribution in [3.8, 4) is 11.5 Å². The Labute approximate surface area is 117 Å². The van der Waals surface area contributed by atoms with Crippen LogP contribution in [0.25, 0.3) is 0 Å². The fourth-order valence-corrected chi connectivity index (χ4v) is 2.40. The molecular formula is C14H23NO3S. The van der Waals surface area contributed by atoms with Crippen LogP contribution in [0, 0.1) is 0 Å². The summed E-state index contributed by atoms with van der Waals surface area (Å²) < 4.78 is 16.4. The second-order valence-electron chi connectivity index (χ2n) is 4.54. The first-order valence-corrected chi connectivity index (χ1v) is 8.24. The molecular weight excluding hydrogens is 262 g/mol. The van der Waals surface area contributed by atoms with E-state index in [1.54, 1.807) is 12.3 Å². The summed E-state index contributed by atoms with van der Waals surface area (Å²) in [5, 5.41) is 13.4. The quantitative estimate of drug-likeness (QED) is 0.767. The number of hydrogen-bond donors (Lipinski definition) is 2. The van der Waals surface area contributed by atoms with Crippen molar-refractivity contribution in [3.63, 3.8) is 0 Å². The lowest BCUT2D eigenvalue weighted by atomic mass is 10.1. The van der Waals surface area contributed by atoms with E-state index in [-0.39, 0.29) is 11.8 Å². The van der Waals surface area contributed by atoms with Gasteiger partial charge in [0.15, 0.2) is 11.5 Å². The molecule has 0 aromatic heterocycles. The van der Waals surface area contributed by atoms with Crippen LogP contribution in [0.5, 0.6) is 11.5 Å². The lowest BCUT2D eigenvalue weighted by Gasteiger charge is -2.15. The Morgan fingerprint density at radius 1 is 1.47 bits per heavy atom. The van der Waals surface area contributed by atoms with Gasteiger partial charge in [-0.3, -0.25) is 4.21 Å². The summed E-state index contributed by atoms with van der Waals surface area (Å²) in [6.07, 6.45) is 2.57. The Balaban J connectivity index is 2.53. The number of rotatable bonds is 8. The number of benzene rings is 1. The van der Waals surface area contributed by atoms with Crippen molar-refractivity contribution in [2.45, 2.75) is 32.9 Å². The Morgan fingerprint density at radius 3 is 2.84 bits per heavy atom. The van der Waals surface area contributed by atoms with Gasteiger partial charge >= 0.3 is 0 Å². The van der Waals surface area contributed by atoms with Crippen LogP contribution in [0.3, 0.4) is 0 Å². The molecule has 19 heavy (non-hydrogen) atoms. The SMILES string of the molecule is CCOc1cccc(CNC(C)CCS(C)=O)c1O. The average Bonchev–Trinajstić information content (AvgIpc) is 2.37. The van der Waals surface area contributed by atoms with Gasteiger partial charge in [-0.25, -0.2) is 0 Å². The molecule has 0 saturated heterocycles. The highest BCUT2D eigenvalue weighted by molar-refractivity contribution is 7.84. The van der Waals surface area contributed by atoms with Gasteiger partial charge < -0.3 is 15.2 Å². The predicted molar refractivity (Wildman–Crippen MR) is 79.1 cm³/mol. The van der Waals surface area contributed by atoms with Gasteiger partial charge in [0.25, 0.3) is 0 Å². The van der Waals surface area contributed by atoms with Crippen molar-refractivity contribution >= 4 is 10.8 Å². The molecule has 0 radical (unpaired) electrons. The largest absolute Gasteiger partial charge is 0.504 e. The molecule has 0 aliphatic carbocycles. The van der Waals surface area contributed by atoms with E-state index in [0.29, 0.717) is 24.7 Å². The minimum atomic E-state index is -0.754. The summed E-state index contributed by atoms with van der Waals surface area (Å²) >= 11 is 0. The fraction of sp³-hybridized carbons (Fsp3) is 0.571. The maximum atomic E-state index is 11.0. The molecule has 0 heterocycles. The smallest absolute Gasteiger partial charge is 0.162 e. The molecule has 1 rings (SSSR count). The lowest BCUT2D eigenvalue weighted by Crippen LogP contribution is -2.27. The third-order valence-electron chi connectivity index (χ3n) is 2.86. The standard InChI is InChI=1S/C14H23NO3S/c1-4-18-13-7-5-6-12(14(13)16)10-15-11(2)8-9-19(3)17/h5-7,11,15-16H,4,8-10H2,1-3H3. The van der Waals surface area contributed by atoms with Crippen molar-refractivity contribution in [1.29, 1.82) is 0 Å². The molecule has 0 saturated carbocycles. The van der Waals surface area contributed by atoms with E-state index >= 15 is 0 Å². The molecule has 0 bridgehead atoms. The highest BCUT2D eigenvalue weighted by Crippen LogP contribution is 2.29. The molecule has 0 amide bonds. The zero-order chi connectivity index (χ0) is 14.3. The van der Waals surface area contributed by atoms with Crippen molar-refractivity contribution < 1.29 is 14.1 Å². The lowest BCUT2D eigenvalue weighted by molar-refractivity contribution is 0.316. The van der Waals surface area contributed by atoms with Crippen LogP contribution < -0.4 is 10.1 Å². The maximum absolute atomic E-state index is 11.0. The molecule has 2 atom stereocenters. The van der Waals surface area contributed by atoms with Crippen LogP contribution in [-0.4, -0.2) is 34.0 Å². The molecule has 5 heteroatoms. The number of aromatic hydroxyl groups is 1. The summed E-state index contributed by atoms with van der Waals surface area (Å²) in [4.78, 5) is 0. The Bertz CT molecular complexity index is 423. The van der Waals surface area contributed by atoms with Gasteiger partial charge in [-0.2, -0.15) is 0 Å². The van der Waals surface area contributed by atoms with Gasteiger partial charge in [0.2, 0.25) is 0 Å². The molecule has 1 aromatic carbocycles. The van der Waals surface area contributed by atoms with Gasteiger partial charge in [-0.1, -0.05) is 12.1 Å². The molecule has 2 unspecified atom stereocenters. The van der Waals surface area contributed by atoms with Crippen LogP contribution in [0.1, 0.15) is 25.8 Å². The van der Waals surface area contributed by atoms with E-state index in [1.165, 1.54) is 0 Å². The fourth-order valence-electron chi connectivity index (χ4n) is 1.71. The zero-order valence-electron chi connectivity index (χ0n) is 11.8. The molecule has 108 valence electrons. The first-order valence-electron chi connectivity index (χ1n) is 6.51. The van der Waals surface area contributed by atoms with E-state index in [1.807, 2.05) is 19.1 Å². The highest BCUT2D eigenvalue weighted by Gasteiger charge is 2.09. The van der Waals surface area contributed by atoms with Crippen LogP contribution >= 0.6 is 0 Å². The molecule has 0 aliphatic rings. The van der Waals surface area contributed by atoms with Crippen molar-refractivity contribution in [1.82, 2.24) is 5.32 Å². The Kier molecular flexibility index (Phi) is 6.87. The number of para-hydroxylation sites is 1. The highest BCUT2D eigenvalue weighted by atomic mass is 32.2. The van der Waals surface area contributed by atoms with Gasteiger partial charge in [0.05, 0.1) is 6.61 Å². The molecule has 4 nitrogen and oxygen atoms in total. The summed E-state index contributed by atoms with van der Waals surface area (Å²) in [5.41, 5.74) is 0.815. The summed E-state index contributed by atoms with van der Waals surface area (Å²) in [6.45, 7) is 5.04. The number of hydrogen-bond acceptors (Lipinski definition) is 4. The van der Waals surface area contributed by atoms with Crippen molar-refractivity contribution in [3.05, 3.63) is 23.8 Å². The normalized spacial score (nSPS) is 14.1.